The Morgan fingerprint density at radius 1 is 1.15 bits per heavy atom. The van der Waals surface area contributed by atoms with Gasteiger partial charge in [0.2, 0.25) is 0 Å². The summed E-state index contributed by atoms with van der Waals surface area (Å²) in [5.41, 5.74) is -2.41. The molecule has 7 nitrogen and oxygen atoms in total. The molecule has 0 saturated heterocycles. The van der Waals surface area contributed by atoms with Crippen molar-refractivity contribution < 1.29 is 136 Å². The molecule has 0 spiro atoms. The zero-order chi connectivity index (χ0) is 14.6. The Hall–Kier alpha value is 1.60. The van der Waals surface area contributed by atoms with Gasteiger partial charge in [-0.3, -0.25) is 4.55 Å². The molecule has 0 bridgehead atoms. The van der Waals surface area contributed by atoms with Crippen LogP contribution in [0.4, 0.5) is 0 Å². The van der Waals surface area contributed by atoms with Crippen LogP contribution in [0.15, 0.2) is 25.3 Å². The predicted molar refractivity (Wildman–Crippen MR) is 57.4 cm³/mol. The second kappa shape index (κ2) is 11.2. The summed E-state index contributed by atoms with van der Waals surface area (Å²) in [6.07, 6.45) is 0.945. The zero-order valence-corrected chi connectivity index (χ0v) is 18.4. The Balaban J connectivity index is -0.00000144. The standard InChI is InChI=1S/C10H14O7S.2K/c1-3-5-10(6-4-2,9(13)14)7(8(11)12)18(15,16)17;;/h3-4,7H,1-2,5-6H2,(H,11,12)(H,13,14)(H,15,16,17);;/q;2*+1/p-2. The molecule has 1 atom stereocenters. The van der Waals surface area contributed by atoms with Crippen molar-refractivity contribution in [1.29, 1.82) is 0 Å². The third kappa shape index (κ3) is 6.79. The molecule has 0 aromatic carbocycles. The van der Waals surface area contributed by atoms with Crippen LogP contribution in [-0.2, 0) is 19.7 Å². The van der Waals surface area contributed by atoms with Gasteiger partial charge in [-0.05, 0) is 12.8 Å². The largest absolute Gasteiger partial charge is 1.00 e. The maximum absolute atomic E-state index is 11.1. The van der Waals surface area contributed by atoms with Crippen LogP contribution in [0.1, 0.15) is 12.8 Å². The van der Waals surface area contributed by atoms with Crippen LogP contribution in [-0.4, -0.2) is 30.2 Å². The van der Waals surface area contributed by atoms with Gasteiger partial charge in [0, 0.05) is 11.4 Å². The minimum atomic E-state index is -5.19. The quantitative estimate of drug-likeness (QED) is 0.260. The Bertz CT molecular complexity index is 462. The molecule has 20 heavy (non-hydrogen) atoms. The van der Waals surface area contributed by atoms with Crippen LogP contribution < -0.4 is 113 Å². The van der Waals surface area contributed by atoms with Crippen molar-refractivity contribution in [1.82, 2.24) is 0 Å². The summed E-state index contributed by atoms with van der Waals surface area (Å²) in [4.78, 5) is 22.0. The molecular formula is C10H12K2O7S. The fourth-order valence-electron chi connectivity index (χ4n) is 1.72. The molecular weight excluding hydrogens is 342 g/mol. The number of carboxylic acid groups (broad SMARTS) is 2. The summed E-state index contributed by atoms with van der Waals surface area (Å²) >= 11 is 0. The smallest absolute Gasteiger partial charge is 0.549 e. The summed E-state index contributed by atoms with van der Waals surface area (Å²) in [6, 6.07) is 0. The van der Waals surface area contributed by atoms with Gasteiger partial charge >= 0.3 is 103 Å². The van der Waals surface area contributed by atoms with E-state index in [1.54, 1.807) is 0 Å². The van der Waals surface area contributed by atoms with Gasteiger partial charge in [0.15, 0.2) is 0 Å². The average molecular weight is 354 g/mol. The fourth-order valence-corrected chi connectivity index (χ4v) is 2.82. The van der Waals surface area contributed by atoms with Crippen molar-refractivity contribution in [3.63, 3.8) is 0 Å². The van der Waals surface area contributed by atoms with Gasteiger partial charge in [-0.15, -0.1) is 13.2 Å². The number of carbonyl (C=O) groups is 2. The van der Waals surface area contributed by atoms with E-state index in [4.69, 9.17) is 4.55 Å². The second-order valence-electron chi connectivity index (χ2n) is 3.64. The number of aliphatic carboxylic acids is 2. The molecule has 0 saturated carbocycles. The molecule has 1 unspecified atom stereocenters. The van der Waals surface area contributed by atoms with Gasteiger partial charge in [-0.2, -0.15) is 8.42 Å². The monoisotopic (exact) mass is 354 g/mol. The Labute approximate surface area is 202 Å². The van der Waals surface area contributed by atoms with E-state index in [1.807, 2.05) is 0 Å². The fraction of sp³-hybridized carbons (Fsp3) is 0.400. The van der Waals surface area contributed by atoms with E-state index in [1.165, 1.54) is 0 Å². The number of carboxylic acids is 2. The molecule has 0 aliphatic carbocycles. The van der Waals surface area contributed by atoms with E-state index >= 15 is 0 Å². The Kier molecular flexibility index (Phi) is 14.8. The van der Waals surface area contributed by atoms with Gasteiger partial charge in [-0.25, -0.2) is 0 Å². The maximum Gasteiger partial charge on any atom is 1.00 e. The van der Waals surface area contributed by atoms with Crippen molar-refractivity contribution >= 4 is 22.1 Å². The van der Waals surface area contributed by atoms with Crippen molar-refractivity contribution in [2.75, 3.05) is 0 Å². The molecule has 0 aromatic rings. The summed E-state index contributed by atoms with van der Waals surface area (Å²) in [5.74, 6) is -4.18. The first-order chi connectivity index (χ1) is 8.13. The minimum Gasteiger partial charge on any atom is -0.549 e. The average Bonchev–Trinajstić information content (AvgIpc) is 2.14. The first-order valence-electron chi connectivity index (χ1n) is 4.74. The Morgan fingerprint density at radius 2 is 1.50 bits per heavy atom. The van der Waals surface area contributed by atoms with Crippen LogP contribution in [0.2, 0.25) is 0 Å². The Morgan fingerprint density at radius 3 is 1.65 bits per heavy atom. The van der Waals surface area contributed by atoms with E-state index in [0.29, 0.717) is 0 Å². The van der Waals surface area contributed by atoms with Gasteiger partial charge in [0.05, 0.1) is 5.97 Å². The van der Waals surface area contributed by atoms with Crippen molar-refractivity contribution in [2.45, 2.75) is 18.1 Å². The molecule has 0 aromatic heterocycles. The van der Waals surface area contributed by atoms with Crippen LogP contribution in [0, 0.1) is 5.41 Å². The molecule has 0 amide bonds. The molecule has 102 valence electrons. The number of allylic oxidation sites excluding steroid dienone is 2. The molecule has 0 fully saturated rings. The van der Waals surface area contributed by atoms with Crippen LogP contribution in [0.25, 0.3) is 0 Å². The molecule has 1 N–H and O–H groups in total. The number of rotatable bonds is 8. The van der Waals surface area contributed by atoms with E-state index in [0.717, 1.165) is 12.2 Å². The van der Waals surface area contributed by atoms with Crippen LogP contribution >= 0.6 is 0 Å². The van der Waals surface area contributed by atoms with Crippen molar-refractivity contribution in [3.8, 4) is 0 Å². The topological polar surface area (TPSA) is 135 Å². The summed E-state index contributed by atoms with van der Waals surface area (Å²) < 4.78 is 31.0. The number of hydrogen-bond donors (Lipinski definition) is 1. The zero-order valence-electron chi connectivity index (χ0n) is 11.4. The SMILES string of the molecule is C=CCC(CC=C)(C(=O)[O-])C(C(=O)[O-])S(=O)(=O)O.[K+].[K+]. The number of carbonyl (C=O) groups excluding carboxylic acids is 2. The minimum absolute atomic E-state index is 0. The third-order valence-electron chi connectivity index (χ3n) is 2.44. The normalized spacial score (nSPS) is 12.2. The first-order valence-corrected chi connectivity index (χ1v) is 6.24. The van der Waals surface area contributed by atoms with Crippen molar-refractivity contribution in [2.24, 2.45) is 5.41 Å². The van der Waals surface area contributed by atoms with E-state index in [9.17, 15) is 28.2 Å². The van der Waals surface area contributed by atoms with Gasteiger partial charge in [0.1, 0.15) is 5.25 Å². The van der Waals surface area contributed by atoms with Crippen LogP contribution in [0.5, 0.6) is 0 Å². The molecule has 10 heteroatoms. The van der Waals surface area contributed by atoms with Gasteiger partial charge < -0.3 is 19.8 Å². The molecule has 0 aliphatic rings. The third-order valence-corrected chi connectivity index (χ3v) is 3.68. The molecule has 0 rings (SSSR count). The van der Waals surface area contributed by atoms with E-state index in [2.05, 4.69) is 13.2 Å². The predicted octanol–water partition coefficient (Wildman–Crippen LogP) is -8.11. The number of hydrogen-bond acceptors (Lipinski definition) is 6. The summed E-state index contributed by atoms with van der Waals surface area (Å²) in [6.45, 7) is 6.44. The second-order valence-corrected chi connectivity index (χ2v) is 5.14. The van der Waals surface area contributed by atoms with Crippen LogP contribution in [0.3, 0.4) is 0 Å². The molecule has 0 radical (unpaired) electrons. The van der Waals surface area contributed by atoms with E-state index < -0.39 is 45.6 Å². The van der Waals surface area contributed by atoms with E-state index in [-0.39, 0.29) is 103 Å². The molecule has 0 aliphatic heterocycles. The van der Waals surface area contributed by atoms with Gasteiger partial charge in [-0.1, -0.05) is 12.2 Å². The van der Waals surface area contributed by atoms with Gasteiger partial charge in [0.25, 0.3) is 10.1 Å². The maximum atomic E-state index is 11.1. The van der Waals surface area contributed by atoms with Crippen molar-refractivity contribution in [3.05, 3.63) is 25.3 Å². The first kappa shape index (κ1) is 26.5. The summed E-state index contributed by atoms with van der Waals surface area (Å²) in [7, 11) is -5.19. The molecule has 0 heterocycles. The summed E-state index contributed by atoms with van der Waals surface area (Å²) in [5, 5.41) is 19.3.